The van der Waals surface area contributed by atoms with Gasteiger partial charge >= 0.3 is 0 Å². The predicted molar refractivity (Wildman–Crippen MR) is 56.0 cm³/mol. The van der Waals surface area contributed by atoms with E-state index in [2.05, 4.69) is 24.4 Å². The van der Waals surface area contributed by atoms with Gasteiger partial charge in [-0.1, -0.05) is 30.3 Å². The number of rotatable bonds is 1. The Bertz CT molecular complexity index is 333. The van der Waals surface area contributed by atoms with Gasteiger partial charge < -0.3 is 5.32 Å². The van der Waals surface area contributed by atoms with Crippen LogP contribution in [0.2, 0.25) is 0 Å². The molecule has 14 heavy (non-hydrogen) atoms. The van der Waals surface area contributed by atoms with Crippen molar-refractivity contribution in [1.82, 2.24) is 5.32 Å². The van der Waals surface area contributed by atoms with Gasteiger partial charge in [0.2, 0.25) is 0 Å². The summed E-state index contributed by atoms with van der Waals surface area (Å²) in [6.45, 7) is 2.89. The van der Waals surface area contributed by atoms with E-state index in [9.17, 15) is 4.79 Å². The molecule has 74 valence electrons. The summed E-state index contributed by atoms with van der Waals surface area (Å²) < 4.78 is 0. The van der Waals surface area contributed by atoms with Crippen LogP contribution in [0.1, 0.15) is 25.3 Å². The molecular formula is C12H15NO. The fourth-order valence-electron chi connectivity index (χ4n) is 2.03. The van der Waals surface area contributed by atoms with E-state index in [0.29, 0.717) is 18.6 Å². The SMILES string of the molecule is CC1(c2ccccc2)CC(=O)CCN1. The molecule has 1 saturated heterocycles. The highest BCUT2D eigenvalue weighted by Crippen LogP contribution is 2.27. The Morgan fingerprint density at radius 3 is 2.64 bits per heavy atom. The van der Waals surface area contributed by atoms with Crippen LogP contribution in [0.5, 0.6) is 0 Å². The molecule has 1 atom stereocenters. The molecule has 1 aliphatic rings. The topological polar surface area (TPSA) is 29.1 Å². The fraction of sp³-hybridized carbons (Fsp3) is 0.417. The molecule has 2 rings (SSSR count). The standard InChI is InChI=1S/C12H15NO/c1-12(9-11(14)7-8-13-12)10-5-3-2-4-6-10/h2-6,13H,7-9H2,1H3. The third-order valence-corrected chi connectivity index (χ3v) is 2.88. The third kappa shape index (κ3) is 1.70. The van der Waals surface area contributed by atoms with Crippen molar-refractivity contribution < 1.29 is 4.79 Å². The van der Waals surface area contributed by atoms with E-state index in [1.54, 1.807) is 0 Å². The first-order chi connectivity index (χ1) is 6.71. The van der Waals surface area contributed by atoms with Crippen molar-refractivity contribution in [1.29, 1.82) is 0 Å². The summed E-state index contributed by atoms with van der Waals surface area (Å²) in [6, 6.07) is 10.2. The van der Waals surface area contributed by atoms with Crippen molar-refractivity contribution in [3.05, 3.63) is 35.9 Å². The highest BCUT2D eigenvalue weighted by atomic mass is 16.1. The zero-order valence-corrected chi connectivity index (χ0v) is 8.42. The molecule has 1 heterocycles. The molecule has 0 bridgehead atoms. The molecule has 1 fully saturated rings. The van der Waals surface area contributed by atoms with Gasteiger partial charge in [0.1, 0.15) is 5.78 Å². The fourth-order valence-corrected chi connectivity index (χ4v) is 2.03. The quantitative estimate of drug-likeness (QED) is 0.730. The minimum absolute atomic E-state index is 0.156. The largest absolute Gasteiger partial charge is 0.307 e. The van der Waals surface area contributed by atoms with E-state index in [1.807, 2.05) is 18.2 Å². The van der Waals surface area contributed by atoms with E-state index in [0.717, 1.165) is 6.54 Å². The summed E-state index contributed by atoms with van der Waals surface area (Å²) in [7, 11) is 0. The Morgan fingerprint density at radius 1 is 1.29 bits per heavy atom. The van der Waals surface area contributed by atoms with Gasteiger partial charge in [-0.3, -0.25) is 4.79 Å². The normalized spacial score (nSPS) is 27.6. The Hall–Kier alpha value is -1.15. The van der Waals surface area contributed by atoms with Crippen LogP contribution < -0.4 is 5.32 Å². The molecule has 0 aliphatic carbocycles. The summed E-state index contributed by atoms with van der Waals surface area (Å²) in [5.41, 5.74) is 1.05. The van der Waals surface area contributed by atoms with Gasteiger partial charge in [-0.05, 0) is 12.5 Å². The van der Waals surface area contributed by atoms with Gasteiger partial charge in [-0.2, -0.15) is 0 Å². The highest BCUT2D eigenvalue weighted by Gasteiger charge is 2.31. The van der Waals surface area contributed by atoms with Crippen LogP contribution in [0, 0.1) is 0 Å². The molecule has 1 aliphatic heterocycles. The molecule has 1 aromatic rings. The smallest absolute Gasteiger partial charge is 0.136 e. The molecule has 2 heteroatoms. The molecule has 1 unspecified atom stereocenters. The van der Waals surface area contributed by atoms with Crippen molar-refractivity contribution in [3.8, 4) is 0 Å². The average molecular weight is 189 g/mol. The summed E-state index contributed by atoms with van der Waals surface area (Å²) in [5.74, 6) is 0.357. The average Bonchev–Trinajstić information content (AvgIpc) is 2.19. The Balaban J connectivity index is 2.27. The summed E-state index contributed by atoms with van der Waals surface area (Å²) in [6.07, 6.45) is 1.28. The summed E-state index contributed by atoms with van der Waals surface area (Å²) in [4.78, 5) is 11.4. The second-order valence-corrected chi connectivity index (χ2v) is 4.09. The van der Waals surface area contributed by atoms with Gasteiger partial charge in [0.25, 0.3) is 0 Å². The van der Waals surface area contributed by atoms with E-state index >= 15 is 0 Å². The zero-order valence-electron chi connectivity index (χ0n) is 8.42. The van der Waals surface area contributed by atoms with Gasteiger partial charge in [0, 0.05) is 24.9 Å². The first-order valence-electron chi connectivity index (χ1n) is 5.03. The lowest BCUT2D eigenvalue weighted by Gasteiger charge is -2.34. The Labute approximate surface area is 84.3 Å². The maximum Gasteiger partial charge on any atom is 0.136 e. The maximum atomic E-state index is 11.4. The molecule has 0 saturated carbocycles. The lowest BCUT2D eigenvalue weighted by Crippen LogP contribution is -2.46. The number of benzene rings is 1. The minimum Gasteiger partial charge on any atom is -0.307 e. The first-order valence-corrected chi connectivity index (χ1v) is 5.03. The number of Topliss-reactive ketones (excluding diaryl/α,β-unsaturated/α-hetero) is 1. The zero-order chi connectivity index (χ0) is 10.0. The van der Waals surface area contributed by atoms with Gasteiger partial charge in [0.15, 0.2) is 0 Å². The second-order valence-electron chi connectivity index (χ2n) is 4.09. The van der Waals surface area contributed by atoms with Crippen molar-refractivity contribution in [3.63, 3.8) is 0 Å². The van der Waals surface area contributed by atoms with Crippen LogP contribution in [0.15, 0.2) is 30.3 Å². The predicted octanol–water partition coefficient (Wildman–Crippen LogP) is 1.85. The van der Waals surface area contributed by atoms with E-state index in [4.69, 9.17) is 0 Å². The van der Waals surface area contributed by atoms with Gasteiger partial charge in [-0.15, -0.1) is 0 Å². The second kappa shape index (κ2) is 3.54. The number of nitrogens with one attached hydrogen (secondary N) is 1. The van der Waals surface area contributed by atoms with Crippen molar-refractivity contribution in [2.75, 3.05) is 6.54 Å². The van der Waals surface area contributed by atoms with Gasteiger partial charge in [0.05, 0.1) is 0 Å². The Morgan fingerprint density at radius 2 is 2.00 bits per heavy atom. The monoisotopic (exact) mass is 189 g/mol. The molecule has 1 N–H and O–H groups in total. The molecule has 0 spiro atoms. The van der Waals surface area contributed by atoms with Crippen LogP contribution >= 0.6 is 0 Å². The van der Waals surface area contributed by atoms with E-state index < -0.39 is 0 Å². The molecule has 0 radical (unpaired) electrons. The van der Waals surface area contributed by atoms with E-state index in [1.165, 1.54) is 5.56 Å². The highest BCUT2D eigenvalue weighted by molar-refractivity contribution is 5.81. The van der Waals surface area contributed by atoms with Crippen LogP contribution in [-0.2, 0) is 10.3 Å². The van der Waals surface area contributed by atoms with E-state index in [-0.39, 0.29) is 5.54 Å². The van der Waals surface area contributed by atoms with Crippen LogP contribution in [0.4, 0.5) is 0 Å². The molecule has 0 aromatic heterocycles. The van der Waals surface area contributed by atoms with Crippen molar-refractivity contribution >= 4 is 5.78 Å². The van der Waals surface area contributed by atoms with Gasteiger partial charge in [-0.25, -0.2) is 0 Å². The molecule has 1 aromatic carbocycles. The van der Waals surface area contributed by atoms with Crippen LogP contribution in [0.3, 0.4) is 0 Å². The summed E-state index contributed by atoms with van der Waals surface area (Å²) >= 11 is 0. The lowest BCUT2D eigenvalue weighted by atomic mass is 9.83. The minimum atomic E-state index is -0.156. The number of piperidine rings is 1. The molecule has 2 nitrogen and oxygen atoms in total. The molecular weight excluding hydrogens is 174 g/mol. The third-order valence-electron chi connectivity index (χ3n) is 2.88. The number of hydrogen-bond donors (Lipinski definition) is 1. The van der Waals surface area contributed by atoms with Crippen molar-refractivity contribution in [2.24, 2.45) is 0 Å². The van der Waals surface area contributed by atoms with Crippen LogP contribution in [0.25, 0.3) is 0 Å². The molecule has 0 amide bonds. The number of carbonyl (C=O) groups excluding carboxylic acids is 1. The number of hydrogen-bond acceptors (Lipinski definition) is 2. The first kappa shape index (κ1) is 9.41. The van der Waals surface area contributed by atoms with Crippen LogP contribution in [-0.4, -0.2) is 12.3 Å². The van der Waals surface area contributed by atoms with Crippen molar-refractivity contribution in [2.45, 2.75) is 25.3 Å². The number of ketones is 1. The summed E-state index contributed by atoms with van der Waals surface area (Å²) in [5, 5.41) is 3.42. The lowest BCUT2D eigenvalue weighted by molar-refractivity contribution is -0.122. The Kier molecular flexibility index (Phi) is 2.38. The maximum absolute atomic E-state index is 11.4. The number of carbonyl (C=O) groups is 1.